The van der Waals surface area contributed by atoms with Gasteiger partial charge in [-0.2, -0.15) is 0 Å². The molecule has 2 N–H and O–H groups in total. The van der Waals surface area contributed by atoms with Crippen molar-refractivity contribution >= 4 is 18.3 Å². The number of carbonyl (C=O) groups excluding carboxylic acids is 1. The van der Waals surface area contributed by atoms with E-state index in [0.717, 1.165) is 18.5 Å². The van der Waals surface area contributed by atoms with Crippen LogP contribution >= 0.6 is 12.4 Å². The van der Waals surface area contributed by atoms with Crippen molar-refractivity contribution in [3.05, 3.63) is 11.6 Å². The summed E-state index contributed by atoms with van der Waals surface area (Å²) >= 11 is 0. The molecule has 0 aromatic heterocycles. The maximum Gasteiger partial charge on any atom is 0.248 e. The van der Waals surface area contributed by atoms with E-state index >= 15 is 0 Å². The number of nitrogens with two attached hydrogens (primary N) is 1. The van der Waals surface area contributed by atoms with Crippen molar-refractivity contribution in [2.75, 3.05) is 20.1 Å². The Kier molecular flexibility index (Phi) is 9.29. The van der Waals surface area contributed by atoms with Gasteiger partial charge in [-0.15, -0.1) is 12.4 Å². The lowest BCUT2D eigenvalue weighted by atomic mass is 10.2. The number of nitrogens with zero attached hydrogens (tertiary/aromatic N) is 1. The molecule has 13 heavy (non-hydrogen) atoms. The first-order valence-electron chi connectivity index (χ1n) is 4.22. The van der Waals surface area contributed by atoms with Gasteiger partial charge in [-0.3, -0.25) is 4.79 Å². The second-order valence-corrected chi connectivity index (χ2v) is 2.84. The summed E-state index contributed by atoms with van der Waals surface area (Å²) in [5.41, 5.74) is 6.12. The van der Waals surface area contributed by atoms with Crippen LogP contribution in [0.25, 0.3) is 0 Å². The summed E-state index contributed by atoms with van der Waals surface area (Å²) in [5, 5.41) is 0. The number of halogens is 1. The molecule has 0 fully saturated rings. The molecule has 0 saturated heterocycles. The summed E-state index contributed by atoms with van der Waals surface area (Å²) in [5.74, 6) is 0.0888. The molecule has 0 aromatic rings. The number of likely N-dealkylation sites (N-methyl/N-ethyl adjacent to an activating group) is 1. The molecule has 0 aliphatic rings. The minimum Gasteiger partial charge on any atom is -0.342 e. The molecule has 0 spiro atoms. The summed E-state index contributed by atoms with van der Waals surface area (Å²) in [6.07, 6.45) is 2.68. The van der Waals surface area contributed by atoms with E-state index in [4.69, 9.17) is 5.73 Å². The monoisotopic (exact) mass is 206 g/mol. The lowest BCUT2D eigenvalue weighted by Gasteiger charge is -2.16. The number of rotatable bonds is 4. The summed E-state index contributed by atoms with van der Waals surface area (Å²) in [7, 11) is 1.80. The van der Waals surface area contributed by atoms with Crippen molar-refractivity contribution in [1.82, 2.24) is 4.90 Å². The van der Waals surface area contributed by atoms with Crippen LogP contribution in [0.1, 0.15) is 20.3 Å². The molecule has 78 valence electrons. The maximum absolute atomic E-state index is 11.4. The van der Waals surface area contributed by atoms with Crippen molar-refractivity contribution < 1.29 is 4.79 Å². The van der Waals surface area contributed by atoms with Gasteiger partial charge in [-0.25, -0.2) is 0 Å². The summed E-state index contributed by atoms with van der Waals surface area (Å²) in [6.45, 7) is 5.05. The van der Waals surface area contributed by atoms with Crippen LogP contribution in [0, 0.1) is 0 Å². The minimum absolute atomic E-state index is 0. The molecule has 0 saturated carbocycles. The third-order valence-corrected chi connectivity index (χ3v) is 1.81. The highest BCUT2D eigenvalue weighted by molar-refractivity contribution is 5.92. The Labute approximate surface area is 86.4 Å². The van der Waals surface area contributed by atoms with Crippen LogP contribution in [0.4, 0.5) is 0 Å². The van der Waals surface area contributed by atoms with Gasteiger partial charge in [0.15, 0.2) is 0 Å². The zero-order chi connectivity index (χ0) is 9.56. The number of amides is 1. The zero-order valence-corrected chi connectivity index (χ0v) is 9.36. The molecule has 3 nitrogen and oxygen atoms in total. The normalized spacial score (nSPS) is 10.6. The fraction of sp³-hybridized carbons (Fsp3) is 0.667. The average molecular weight is 207 g/mol. The van der Waals surface area contributed by atoms with Gasteiger partial charge in [0, 0.05) is 19.2 Å². The molecular weight excluding hydrogens is 188 g/mol. The van der Waals surface area contributed by atoms with Crippen molar-refractivity contribution in [2.24, 2.45) is 5.73 Å². The molecule has 0 radical (unpaired) electrons. The van der Waals surface area contributed by atoms with E-state index in [-0.39, 0.29) is 18.3 Å². The molecular formula is C9H19ClN2O. The molecule has 0 atom stereocenters. The van der Waals surface area contributed by atoms with E-state index in [1.165, 1.54) is 0 Å². The average Bonchev–Trinajstić information content (AvgIpc) is 2.11. The molecule has 0 heterocycles. The van der Waals surface area contributed by atoms with E-state index in [0.29, 0.717) is 6.54 Å². The summed E-state index contributed by atoms with van der Waals surface area (Å²) in [6, 6.07) is 0. The van der Waals surface area contributed by atoms with Crippen LogP contribution in [-0.2, 0) is 4.79 Å². The van der Waals surface area contributed by atoms with Crippen molar-refractivity contribution in [3.8, 4) is 0 Å². The van der Waals surface area contributed by atoms with Crippen LogP contribution in [-0.4, -0.2) is 30.9 Å². The van der Waals surface area contributed by atoms with Gasteiger partial charge < -0.3 is 10.6 Å². The summed E-state index contributed by atoms with van der Waals surface area (Å²) in [4.78, 5) is 13.1. The predicted octanol–water partition coefficient (Wildman–Crippen LogP) is 1.18. The lowest BCUT2D eigenvalue weighted by molar-refractivity contribution is -0.125. The Balaban J connectivity index is 0. The quantitative estimate of drug-likeness (QED) is 0.703. The highest BCUT2D eigenvalue weighted by atomic mass is 35.5. The SMILES string of the molecule is CC=C(C)C(=O)N(C)CCCN.Cl. The zero-order valence-electron chi connectivity index (χ0n) is 8.54. The largest absolute Gasteiger partial charge is 0.342 e. The predicted molar refractivity (Wildman–Crippen MR) is 58.0 cm³/mol. The molecule has 4 heteroatoms. The van der Waals surface area contributed by atoms with Crippen molar-refractivity contribution in [1.29, 1.82) is 0 Å². The maximum atomic E-state index is 11.4. The van der Waals surface area contributed by atoms with Gasteiger partial charge in [0.25, 0.3) is 0 Å². The Morgan fingerprint density at radius 1 is 1.54 bits per heavy atom. The second-order valence-electron chi connectivity index (χ2n) is 2.84. The van der Waals surface area contributed by atoms with Gasteiger partial charge in [0.1, 0.15) is 0 Å². The standard InChI is InChI=1S/C9H18N2O.ClH/c1-4-8(2)9(12)11(3)7-5-6-10;/h4H,5-7,10H2,1-3H3;1H. The van der Waals surface area contributed by atoms with Crippen LogP contribution < -0.4 is 5.73 Å². The number of hydrogen-bond donors (Lipinski definition) is 1. The fourth-order valence-electron chi connectivity index (χ4n) is 0.855. The van der Waals surface area contributed by atoms with Crippen LogP contribution in [0.15, 0.2) is 11.6 Å². The van der Waals surface area contributed by atoms with Gasteiger partial charge in [-0.1, -0.05) is 6.08 Å². The number of hydrogen-bond acceptors (Lipinski definition) is 2. The minimum atomic E-state index is 0. The van der Waals surface area contributed by atoms with Gasteiger partial charge in [0.2, 0.25) is 5.91 Å². The third kappa shape index (κ3) is 5.66. The second kappa shape index (κ2) is 8.08. The van der Waals surface area contributed by atoms with Crippen molar-refractivity contribution in [3.63, 3.8) is 0 Å². The highest BCUT2D eigenvalue weighted by Gasteiger charge is 2.08. The topological polar surface area (TPSA) is 46.3 Å². The molecule has 0 aliphatic heterocycles. The Hall–Kier alpha value is -0.540. The van der Waals surface area contributed by atoms with Crippen LogP contribution in [0.3, 0.4) is 0 Å². The summed E-state index contributed by atoms with van der Waals surface area (Å²) < 4.78 is 0. The smallest absolute Gasteiger partial charge is 0.248 e. The van der Waals surface area contributed by atoms with E-state index in [9.17, 15) is 4.79 Å². The molecule has 1 amide bonds. The van der Waals surface area contributed by atoms with Gasteiger partial charge in [-0.05, 0) is 26.8 Å². The Bertz CT molecular complexity index is 180. The first-order valence-corrected chi connectivity index (χ1v) is 4.22. The lowest BCUT2D eigenvalue weighted by Crippen LogP contribution is -2.29. The first-order chi connectivity index (χ1) is 5.63. The molecule has 0 aromatic carbocycles. The van der Waals surface area contributed by atoms with E-state index < -0.39 is 0 Å². The van der Waals surface area contributed by atoms with E-state index in [2.05, 4.69) is 0 Å². The molecule has 0 rings (SSSR count). The van der Waals surface area contributed by atoms with Crippen molar-refractivity contribution in [2.45, 2.75) is 20.3 Å². The number of carbonyl (C=O) groups is 1. The molecule has 0 aliphatic carbocycles. The van der Waals surface area contributed by atoms with Gasteiger partial charge >= 0.3 is 0 Å². The molecule has 0 bridgehead atoms. The first kappa shape index (κ1) is 15.0. The highest BCUT2D eigenvalue weighted by Crippen LogP contribution is 1.98. The van der Waals surface area contributed by atoms with Crippen LogP contribution in [0.5, 0.6) is 0 Å². The van der Waals surface area contributed by atoms with Crippen LogP contribution in [0.2, 0.25) is 0 Å². The van der Waals surface area contributed by atoms with Gasteiger partial charge in [0.05, 0.1) is 0 Å². The Morgan fingerprint density at radius 2 is 2.08 bits per heavy atom. The fourth-order valence-corrected chi connectivity index (χ4v) is 0.855. The van der Waals surface area contributed by atoms with E-state index in [1.807, 2.05) is 19.9 Å². The number of allylic oxidation sites excluding steroid dienone is 1. The van der Waals surface area contributed by atoms with E-state index in [1.54, 1.807) is 11.9 Å². The molecule has 0 unspecified atom stereocenters. The third-order valence-electron chi connectivity index (χ3n) is 1.81. The Morgan fingerprint density at radius 3 is 2.46 bits per heavy atom.